The topological polar surface area (TPSA) is 60.2 Å². The van der Waals surface area contributed by atoms with E-state index in [2.05, 4.69) is 20.9 Å². The van der Waals surface area contributed by atoms with Crippen molar-refractivity contribution in [2.75, 3.05) is 11.4 Å². The fourth-order valence-corrected chi connectivity index (χ4v) is 6.01. The summed E-state index contributed by atoms with van der Waals surface area (Å²) in [7, 11) is 0. The molecule has 5 aromatic rings. The van der Waals surface area contributed by atoms with Crippen molar-refractivity contribution in [1.29, 1.82) is 0 Å². The summed E-state index contributed by atoms with van der Waals surface area (Å²) in [5, 5.41) is 0.704. The molecule has 1 aliphatic heterocycles. The van der Waals surface area contributed by atoms with Gasteiger partial charge >= 0.3 is 0 Å². The Bertz CT molecular complexity index is 1480. The van der Waals surface area contributed by atoms with E-state index < -0.39 is 5.92 Å². The number of carbonyl (C=O) groups is 1. The monoisotopic (exact) mass is 580 g/mol. The SMILES string of the molecule is Cl.O=C(C1c2ccccc2Oc2ccccc21)N(CCCn1ccnc1)c1nc2ccc(Br)cc2s1. The summed E-state index contributed by atoms with van der Waals surface area (Å²) in [4.78, 5) is 25.2. The van der Waals surface area contributed by atoms with Crippen LogP contribution in [0.25, 0.3) is 10.2 Å². The lowest BCUT2D eigenvalue weighted by atomic mass is 9.87. The Morgan fingerprint density at radius 2 is 1.78 bits per heavy atom. The van der Waals surface area contributed by atoms with Gasteiger partial charge in [0.15, 0.2) is 5.13 Å². The van der Waals surface area contributed by atoms with Crippen LogP contribution in [0.2, 0.25) is 0 Å². The number of fused-ring (bicyclic) bond motifs is 3. The first kappa shape index (κ1) is 24.5. The summed E-state index contributed by atoms with van der Waals surface area (Å²) >= 11 is 5.08. The third-order valence-electron chi connectivity index (χ3n) is 6.12. The molecule has 3 aromatic carbocycles. The van der Waals surface area contributed by atoms with E-state index in [9.17, 15) is 4.79 Å². The number of para-hydroxylation sites is 2. The molecular formula is C27H22BrClN4O2S. The maximum Gasteiger partial charge on any atom is 0.241 e. The molecule has 0 radical (unpaired) electrons. The molecule has 1 amide bonds. The number of aromatic nitrogens is 3. The zero-order valence-corrected chi connectivity index (χ0v) is 22.3. The van der Waals surface area contributed by atoms with Crippen LogP contribution in [-0.2, 0) is 11.3 Å². The van der Waals surface area contributed by atoms with Crippen LogP contribution in [0.15, 0.2) is 89.9 Å². The fourth-order valence-electron chi connectivity index (χ4n) is 4.46. The summed E-state index contributed by atoms with van der Waals surface area (Å²) < 4.78 is 10.2. The highest BCUT2D eigenvalue weighted by Crippen LogP contribution is 2.45. The first-order valence-electron chi connectivity index (χ1n) is 11.4. The average molecular weight is 582 g/mol. The summed E-state index contributed by atoms with van der Waals surface area (Å²) in [5.74, 6) is 0.965. The molecule has 0 N–H and O–H groups in total. The third-order valence-corrected chi connectivity index (χ3v) is 7.65. The van der Waals surface area contributed by atoms with Gasteiger partial charge in [-0.15, -0.1) is 12.4 Å². The average Bonchev–Trinajstić information content (AvgIpc) is 3.54. The molecule has 6 nitrogen and oxygen atoms in total. The maximum atomic E-state index is 14.4. The van der Waals surface area contributed by atoms with Gasteiger partial charge in [0.05, 0.1) is 22.5 Å². The lowest BCUT2D eigenvalue weighted by molar-refractivity contribution is -0.119. The summed E-state index contributed by atoms with van der Waals surface area (Å²) in [6.07, 6.45) is 6.27. The number of hydrogen-bond acceptors (Lipinski definition) is 5. The van der Waals surface area contributed by atoms with E-state index in [1.807, 2.05) is 82.4 Å². The van der Waals surface area contributed by atoms with Gasteiger partial charge in [-0.2, -0.15) is 0 Å². The van der Waals surface area contributed by atoms with E-state index in [1.54, 1.807) is 12.5 Å². The van der Waals surface area contributed by atoms with E-state index in [4.69, 9.17) is 9.72 Å². The third kappa shape index (κ3) is 4.64. The Labute approximate surface area is 227 Å². The van der Waals surface area contributed by atoms with Gasteiger partial charge in [0.25, 0.3) is 0 Å². The highest BCUT2D eigenvalue weighted by molar-refractivity contribution is 9.10. The Hall–Kier alpha value is -3.20. The minimum Gasteiger partial charge on any atom is -0.457 e. The van der Waals surface area contributed by atoms with Gasteiger partial charge in [-0.05, 0) is 36.8 Å². The Kier molecular flexibility index (Phi) is 7.09. The number of ether oxygens (including phenoxy) is 1. The standard InChI is InChI=1S/C27H21BrN4O2S.ClH/c28-18-10-11-21-24(16-18)35-27(30-21)32(14-5-13-31-15-12-29-17-31)26(33)25-19-6-1-3-8-22(19)34-23-9-4-2-7-20(23)25;/h1-4,6-12,15-17,25H,5,13-14H2;1H. The Balaban J connectivity index is 0.00000267. The van der Waals surface area contributed by atoms with Gasteiger partial charge in [0, 0.05) is 41.1 Å². The van der Waals surface area contributed by atoms with Crippen LogP contribution in [0.1, 0.15) is 23.5 Å². The van der Waals surface area contributed by atoms with Crippen LogP contribution in [0.3, 0.4) is 0 Å². The first-order chi connectivity index (χ1) is 17.2. The van der Waals surface area contributed by atoms with Crippen LogP contribution < -0.4 is 9.64 Å². The number of aryl methyl sites for hydroxylation is 1. The molecule has 0 bridgehead atoms. The van der Waals surface area contributed by atoms with Crippen molar-refractivity contribution >= 4 is 60.9 Å². The molecule has 0 saturated carbocycles. The predicted molar refractivity (Wildman–Crippen MR) is 149 cm³/mol. The normalized spacial score (nSPS) is 12.4. The summed E-state index contributed by atoms with van der Waals surface area (Å²) in [6.45, 7) is 1.31. The number of hydrogen-bond donors (Lipinski definition) is 0. The van der Waals surface area contributed by atoms with Crippen molar-refractivity contribution in [1.82, 2.24) is 14.5 Å². The smallest absolute Gasteiger partial charge is 0.241 e. The van der Waals surface area contributed by atoms with Crippen molar-refractivity contribution in [2.45, 2.75) is 18.9 Å². The highest BCUT2D eigenvalue weighted by Gasteiger charge is 2.36. The number of imidazole rings is 1. The van der Waals surface area contributed by atoms with Gasteiger partial charge in [-0.25, -0.2) is 9.97 Å². The number of benzene rings is 3. The van der Waals surface area contributed by atoms with Crippen LogP contribution >= 0.6 is 39.7 Å². The van der Waals surface area contributed by atoms with E-state index in [-0.39, 0.29) is 18.3 Å². The molecule has 182 valence electrons. The molecule has 2 aromatic heterocycles. The number of anilines is 1. The van der Waals surface area contributed by atoms with E-state index in [0.29, 0.717) is 11.7 Å². The van der Waals surface area contributed by atoms with Gasteiger partial charge in [-0.3, -0.25) is 9.69 Å². The molecule has 0 saturated heterocycles. The van der Waals surface area contributed by atoms with Crippen molar-refractivity contribution < 1.29 is 9.53 Å². The van der Waals surface area contributed by atoms with Crippen LogP contribution in [-0.4, -0.2) is 27.0 Å². The molecule has 0 spiro atoms. The van der Waals surface area contributed by atoms with Crippen molar-refractivity contribution in [3.8, 4) is 11.5 Å². The largest absolute Gasteiger partial charge is 0.457 e. The summed E-state index contributed by atoms with van der Waals surface area (Å²) in [5.41, 5.74) is 2.63. The number of amides is 1. The second-order valence-corrected chi connectivity index (χ2v) is 10.3. The van der Waals surface area contributed by atoms with Crippen LogP contribution in [0.5, 0.6) is 11.5 Å². The molecule has 0 atom stereocenters. The Morgan fingerprint density at radius 3 is 2.47 bits per heavy atom. The molecule has 36 heavy (non-hydrogen) atoms. The van der Waals surface area contributed by atoms with Crippen molar-refractivity contribution in [2.24, 2.45) is 0 Å². The van der Waals surface area contributed by atoms with E-state index in [0.717, 1.165) is 50.3 Å². The molecule has 3 heterocycles. The molecule has 6 rings (SSSR count). The number of thiazole rings is 1. The maximum absolute atomic E-state index is 14.4. The van der Waals surface area contributed by atoms with Crippen molar-refractivity contribution in [3.63, 3.8) is 0 Å². The number of halogens is 2. The zero-order chi connectivity index (χ0) is 23.8. The summed E-state index contributed by atoms with van der Waals surface area (Å²) in [6, 6.07) is 21.6. The van der Waals surface area contributed by atoms with Crippen molar-refractivity contribution in [3.05, 3.63) is 101 Å². The molecule has 0 aliphatic carbocycles. The van der Waals surface area contributed by atoms with Crippen LogP contribution in [0.4, 0.5) is 5.13 Å². The minimum absolute atomic E-state index is 0. The predicted octanol–water partition coefficient (Wildman–Crippen LogP) is 7.04. The molecule has 1 aliphatic rings. The number of rotatable bonds is 6. The second-order valence-electron chi connectivity index (χ2n) is 8.36. The molecule has 0 unspecified atom stereocenters. The molecule has 9 heteroatoms. The minimum atomic E-state index is -0.469. The van der Waals surface area contributed by atoms with Gasteiger partial charge < -0.3 is 9.30 Å². The quantitative estimate of drug-likeness (QED) is 0.216. The zero-order valence-electron chi connectivity index (χ0n) is 19.1. The van der Waals surface area contributed by atoms with Gasteiger partial charge in [0.1, 0.15) is 11.5 Å². The molecule has 0 fully saturated rings. The molecular weight excluding hydrogens is 560 g/mol. The fraction of sp³-hybridized carbons (Fsp3) is 0.148. The second kappa shape index (κ2) is 10.4. The lowest BCUT2D eigenvalue weighted by Crippen LogP contribution is -2.37. The van der Waals surface area contributed by atoms with Gasteiger partial charge in [-0.1, -0.05) is 63.7 Å². The number of nitrogens with zero attached hydrogens (tertiary/aromatic N) is 4. The van der Waals surface area contributed by atoms with Crippen LogP contribution in [0, 0.1) is 0 Å². The van der Waals surface area contributed by atoms with Gasteiger partial charge in [0.2, 0.25) is 5.91 Å². The Morgan fingerprint density at radius 1 is 1.06 bits per heavy atom. The highest BCUT2D eigenvalue weighted by atomic mass is 79.9. The number of carbonyl (C=O) groups excluding carboxylic acids is 1. The van der Waals surface area contributed by atoms with E-state index in [1.165, 1.54) is 11.3 Å². The lowest BCUT2D eigenvalue weighted by Gasteiger charge is -2.31. The first-order valence-corrected chi connectivity index (χ1v) is 13.0. The van der Waals surface area contributed by atoms with E-state index >= 15 is 0 Å².